The number of benzene rings is 1. The summed E-state index contributed by atoms with van der Waals surface area (Å²) in [6.45, 7) is 3.13. The number of aryl methyl sites for hydroxylation is 1. The monoisotopic (exact) mass is 290 g/mol. The standard InChI is InChI=1S/C15H18N2O2S/c1-11-15(20-10-16-11)9-17(2)8-14(18)12-4-6-13(19-3)7-5-12/h4-7,10H,8-9H2,1-3H3. The van der Waals surface area contributed by atoms with Crippen LogP contribution in [-0.4, -0.2) is 36.4 Å². The summed E-state index contributed by atoms with van der Waals surface area (Å²) in [5.74, 6) is 0.868. The van der Waals surface area contributed by atoms with Gasteiger partial charge < -0.3 is 4.74 Å². The van der Waals surface area contributed by atoms with E-state index in [9.17, 15) is 4.79 Å². The molecule has 1 aromatic carbocycles. The molecule has 4 nitrogen and oxygen atoms in total. The molecule has 5 heteroatoms. The summed E-state index contributed by atoms with van der Waals surface area (Å²) in [6, 6.07) is 7.21. The predicted molar refractivity (Wildman–Crippen MR) is 80.5 cm³/mol. The molecule has 0 atom stereocenters. The van der Waals surface area contributed by atoms with Crippen LogP contribution in [0.25, 0.3) is 0 Å². The van der Waals surface area contributed by atoms with Gasteiger partial charge in [-0.2, -0.15) is 0 Å². The van der Waals surface area contributed by atoms with E-state index in [-0.39, 0.29) is 5.78 Å². The third-order valence-electron chi connectivity index (χ3n) is 3.08. The number of carbonyl (C=O) groups is 1. The van der Waals surface area contributed by atoms with Gasteiger partial charge in [-0.3, -0.25) is 9.69 Å². The second-order valence-electron chi connectivity index (χ2n) is 4.68. The average Bonchev–Trinajstić information content (AvgIpc) is 2.84. The molecule has 0 radical (unpaired) electrons. The number of hydrogen-bond acceptors (Lipinski definition) is 5. The first-order valence-electron chi connectivity index (χ1n) is 6.35. The van der Waals surface area contributed by atoms with Crippen molar-refractivity contribution in [1.82, 2.24) is 9.88 Å². The maximum Gasteiger partial charge on any atom is 0.176 e. The van der Waals surface area contributed by atoms with E-state index in [1.54, 1.807) is 42.7 Å². The lowest BCUT2D eigenvalue weighted by Crippen LogP contribution is -2.25. The molecule has 20 heavy (non-hydrogen) atoms. The Morgan fingerprint density at radius 1 is 1.35 bits per heavy atom. The van der Waals surface area contributed by atoms with Gasteiger partial charge in [0.25, 0.3) is 0 Å². The SMILES string of the molecule is COc1ccc(C(=O)CN(C)Cc2scnc2C)cc1. The van der Waals surface area contributed by atoms with E-state index in [2.05, 4.69) is 4.98 Å². The van der Waals surface area contributed by atoms with Gasteiger partial charge in [0, 0.05) is 17.0 Å². The highest BCUT2D eigenvalue weighted by atomic mass is 32.1. The first-order chi connectivity index (χ1) is 9.60. The predicted octanol–water partition coefficient (Wildman–Crippen LogP) is 2.77. The molecule has 0 saturated heterocycles. The smallest absolute Gasteiger partial charge is 0.176 e. The first-order valence-corrected chi connectivity index (χ1v) is 7.23. The van der Waals surface area contributed by atoms with Crippen molar-refractivity contribution in [3.63, 3.8) is 0 Å². The molecule has 0 unspecified atom stereocenters. The van der Waals surface area contributed by atoms with Crippen molar-refractivity contribution in [3.8, 4) is 5.75 Å². The van der Waals surface area contributed by atoms with E-state index in [1.807, 2.05) is 24.4 Å². The number of nitrogens with zero attached hydrogens (tertiary/aromatic N) is 2. The van der Waals surface area contributed by atoms with Crippen LogP contribution in [0.5, 0.6) is 5.75 Å². The van der Waals surface area contributed by atoms with Crippen molar-refractivity contribution in [2.24, 2.45) is 0 Å². The van der Waals surface area contributed by atoms with Crippen LogP contribution in [0, 0.1) is 6.92 Å². The lowest BCUT2D eigenvalue weighted by atomic mass is 10.1. The van der Waals surface area contributed by atoms with E-state index < -0.39 is 0 Å². The molecule has 2 aromatic rings. The first kappa shape index (κ1) is 14.7. The minimum atomic E-state index is 0.109. The number of Topliss-reactive ketones (excluding diaryl/α,β-unsaturated/α-hetero) is 1. The zero-order chi connectivity index (χ0) is 14.5. The molecule has 0 bridgehead atoms. The summed E-state index contributed by atoms with van der Waals surface area (Å²) in [6.07, 6.45) is 0. The molecule has 0 N–H and O–H groups in total. The topological polar surface area (TPSA) is 42.4 Å². The zero-order valence-electron chi connectivity index (χ0n) is 11.9. The van der Waals surface area contributed by atoms with Crippen molar-refractivity contribution in [2.45, 2.75) is 13.5 Å². The second-order valence-corrected chi connectivity index (χ2v) is 5.62. The molecule has 0 amide bonds. The van der Waals surface area contributed by atoms with Crippen LogP contribution in [0.4, 0.5) is 0 Å². The molecule has 0 aliphatic rings. The Morgan fingerprint density at radius 2 is 2.05 bits per heavy atom. The van der Waals surface area contributed by atoms with E-state index >= 15 is 0 Å². The molecule has 0 aliphatic carbocycles. The van der Waals surface area contributed by atoms with Crippen LogP contribution in [0.1, 0.15) is 20.9 Å². The molecule has 0 aliphatic heterocycles. The maximum atomic E-state index is 12.2. The minimum absolute atomic E-state index is 0.109. The maximum absolute atomic E-state index is 12.2. The molecular formula is C15H18N2O2S. The van der Waals surface area contributed by atoms with Crippen molar-refractivity contribution in [1.29, 1.82) is 0 Å². The van der Waals surface area contributed by atoms with E-state index in [0.717, 1.165) is 18.0 Å². The molecule has 0 fully saturated rings. The quantitative estimate of drug-likeness (QED) is 0.767. The van der Waals surface area contributed by atoms with Crippen molar-refractivity contribution < 1.29 is 9.53 Å². The Balaban J connectivity index is 1.94. The van der Waals surface area contributed by atoms with Gasteiger partial charge in [0.05, 0.1) is 24.9 Å². The fraction of sp³-hybridized carbons (Fsp3) is 0.333. The molecule has 1 heterocycles. The van der Waals surface area contributed by atoms with Crippen molar-refractivity contribution in [3.05, 3.63) is 45.9 Å². The summed E-state index contributed by atoms with van der Waals surface area (Å²) < 4.78 is 5.09. The number of hydrogen-bond donors (Lipinski definition) is 0. The van der Waals surface area contributed by atoms with Gasteiger partial charge >= 0.3 is 0 Å². The van der Waals surface area contributed by atoms with Crippen LogP contribution in [0.3, 0.4) is 0 Å². The fourth-order valence-electron chi connectivity index (χ4n) is 1.89. The Kier molecular flexibility index (Phi) is 4.87. The molecule has 1 aromatic heterocycles. The fourth-order valence-corrected chi connectivity index (χ4v) is 2.75. The Labute approximate surface area is 123 Å². The Bertz CT molecular complexity index is 578. The Hall–Kier alpha value is -1.72. The summed E-state index contributed by atoms with van der Waals surface area (Å²) in [4.78, 5) is 19.6. The van der Waals surface area contributed by atoms with Crippen LogP contribution in [-0.2, 0) is 6.54 Å². The Morgan fingerprint density at radius 3 is 2.60 bits per heavy atom. The zero-order valence-corrected chi connectivity index (χ0v) is 12.7. The molecule has 106 valence electrons. The molecule has 2 rings (SSSR count). The number of rotatable bonds is 6. The minimum Gasteiger partial charge on any atom is -0.497 e. The van der Waals surface area contributed by atoms with Crippen LogP contribution < -0.4 is 4.74 Å². The average molecular weight is 290 g/mol. The summed E-state index contributed by atoms with van der Waals surface area (Å²) in [7, 11) is 3.56. The number of likely N-dealkylation sites (N-methyl/N-ethyl adjacent to an activating group) is 1. The van der Waals surface area contributed by atoms with Crippen molar-refractivity contribution >= 4 is 17.1 Å². The third kappa shape index (κ3) is 3.65. The van der Waals surface area contributed by atoms with Gasteiger partial charge in [0.2, 0.25) is 0 Å². The lowest BCUT2D eigenvalue weighted by molar-refractivity contribution is 0.0943. The van der Waals surface area contributed by atoms with Crippen LogP contribution >= 0.6 is 11.3 Å². The van der Waals surface area contributed by atoms with Gasteiger partial charge in [-0.1, -0.05) is 0 Å². The number of ether oxygens (including phenoxy) is 1. The van der Waals surface area contributed by atoms with Gasteiger partial charge in [-0.25, -0.2) is 4.98 Å². The van der Waals surface area contributed by atoms with Crippen LogP contribution in [0.2, 0.25) is 0 Å². The number of aromatic nitrogens is 1. The third-order valence-corrected chi connectivity index (χ3v) is 4.00. The summed E-state index contributed by atoms with van der Waals surface area (Å²) in [5.41, 5.74) is 3.58. The number of methoxy groups -OCH3 is 1. The van der Waals surface area contributed by atoms with E-state index in [4.69, 9.17) is 4.74 Å². The van der Waals surface area contributed by atoms with Gasteiger partial charge in [-0.15, -0.1) is 11.3 Å². The number of ketones is 1. The highest BCUT2D eigenvalue weighted by Crippen LogP contribution is 2.15. The molecule has 0 spiro atoms. The van der Waals surface area contributed by atoms with E-state index in [1.165, 1.54) is 4.88 Å². The van der Waals surface area contributed by atoms with E-state index in [0.29, 0.717) is 12.1 Å². The van der Waals surface area contributed by atoms with Crippen molar-refractivity contribution in [2.75, 3.05) is 20.7 Å². The summed E-state index contributed by atoms with van der Waals surface area (Å²) in [5, 5.41) is 0. The number of carbonyl (C=O) groups excluding carboxylic acids is 1. The van der Waals surface area contributed by atoms with Gasteiger partial charge in [0.1, 0.15) is 5.75 Å². The van der Waals surface area contributed by atoms with Gasteiger partial charge in [0.15, 0.2) is 5.78 Å². The highest BCUT2D eigenvalue weighted by Gasteiger charge is 2.11. The molecule has 0 saturated carbocycles. The number of thiazole rings is 1. The summed E-state index contributed by atoms with van der Waals surface area (Å²) >= 11 is 1.63. The van der Waals surface area contributed by atoms with Crippen LogP contribution in [0.15, 0.2) is 29.8 Å². The van der Waals surface area contributed by atoms with Gasteiger partial charge in [-0.05, 0) is 38.2 Å². The highest BCUT2D eigenvalue weighted by molar-refractivity contribution is 7.09. The normalized spacial score (nSPS) is 10.8. The second kappa shape index (κ2) is 6.63. The molecular weight excluding hydrogens is 272 g/mol. The largest absolute Gasteiger partial charge is 0.497 e. The lowest BCUT2D eigenvalue weighted by Gasteiger charge is -2.15.